The van der Waals surface area contributed by atoms with Crippen molar-refractivity contribution in [3.63, 3.8) is 0 Å². The minimum Gasteiger partial charge on any atom is -0.465 e. The standard InChI is InChI=1S/C14H27NO4S2/c1-4-19-13(16)14(2,15-12-6-7-12)8-5-9-20-10-11-21(3,17)18/h12,15H,4-11H2,1-3H3. The fourth-order valence-corrected chi connectivity index (χ4v) is 4.28. The van der Waals surface area contributed by atoms with Crippen LogP contribution in [0.15, 0.2) is 0 Å². The van der Waals surface area contributed by atoms with Crippen LogP contribution in [0.25, 0.3) is 0 Å². The Morgan fingerprint density at radius 3 is 2.57 bits per heavy atom. The van der Waals surface area contributed by atoms with Gasteiger partial charge in [-0.05, 0) is 45.3 Å². The predicted octanol–water partition coefficient (Wildman–Crippen LogP) is 1.62. The molecule has 0 heterocycles. The average Bonchev–Trinajstić information content (AvgIpc) is 3.16. The second-order valence-electron chi connectivity index (χ2n) is 5.82. The number of nitrogens with one attached hydrogen (secondary N) is 1. The Morgan fingerprint density at radius 2 is 2.05 bits per heavy atom. The van der Waals surface area contributed by atoms with Crippen molar-refractivity contribution in [2.45, 2.75) is 51.1 Å². The quantitative estimate of drug-likeness (QED) is 0.456. The lowest BCUT2D eigenvalue weighted by molar-refractivity contribution is -0.151. The molecule has 1 rings (SSSR count). The highest BCUT2D eigenvalue weighted by molar-refractivity contribution is 8.00. The van der Waals surface area contributed by atoms with Crippen LogP contribution in [-0.2, 0) is 19.4 Å². The summed E-state index contributed by atoms with van der Waals surface area (Å²) < 4.78 is 27.2. The molecule has 1 atom stereocenters. The molecule has 5 nitrogen and oxygen atoms in total. The van der Waals surface area contributed by atoms with E-state index >= 15 is 0 Å². The zero-order valence-corrected chi connectivity index (χ0v) is 14.8. The molecule has 1 fully saturated rings. The first-order chi connectivity index (χ1) is 9.77. The molecule has 0 radical (unpaired) electrons. The Morgan fingerprint density at radius 1 is 1.38 bits per heavy atom. The third kappa shape index (κ3) is 8.07. The number of hydrogen-bond donors (Lipinski definition) is 1. The highest BCUT2D eigenvalue weighted by Crippen LogP contribution is 2.26. The molecule has 0 aromatic carbocycles. The molecule has 0 amide bonds. The lowest BCUT2D eigenvalue weighted by Gasteiger charge is -2.28. The Labute approximate surface area is 132 Å². The van der Waals surface area contributed by atoms with E-state index in [0.717, 1.165) is 25.0 Å². The Balaban J connectivity index is 2.30. The molecule has 124 valence electrons. The predicted molar refractivity (Wildman–Crippen MR) is 87.5 cm³/mol. The first-order valence-electron chi connectivity index (χ1n) is 7.47. The summed E-state index contributed by atoms with van der Waals surface area (Å²) in [7, 11) is -2.88. The number of carbonyl (C=O) groups is 1. The van der Waals surface area contributed by atoms with Crippen LogP contribution in [0.2, 0.25) is 0 Å². The van der Waals surface area contributed by atoms with Crippen LogP contribution < -0.4 is 5.32 Å². The molecule has 1 unspecified atom stereocenters. The molecule has 0 saturated heterocycles. The van der Waals surface area contributed by atoms with Gasteiger partial charge in [0.05, 0.1) is 12.4 Å². The largest absolute Gasteiger partial charge is 0.465 e. The zero-order valence-electron chi connectivity index (χ0n) is 13.2. The van der Waals surface area contributed by atoms with E-state index in [1.165, 1.54) is 6.26 Å². The van der Waals surface area contributed by atoms with E-state index in [0.29, 0.717) is 24.8 Å². The second-order valence-corrected chi connectivity index (χ2v) is 9.30. The Hall–Kier alpha value is -0.270. The SMILES string of the molecule is CCOC(=O)C(C)(CCCSCCS(C)(=O)=O)NC1CC1. The van der Waals surface area contributed by atoms with Crippen molar-refractivity contribution in [3.8, 4) is 0 Å². The molecule has 0 spiro atoms. The third-order valence-corrected chi connectivity index (χ3v) is 5.66. The average molecular weight is 338 g/mol. The lowest BCUT2D eigenvalue weighted by Crippen LogP contribution is -2.51. The monoisotopic (exact) mass is 337 g/mol. The van der Waals surface area contributed by atoms with Crippen molar-refractivity contribution in [1.82, 2.24) is 5.32 Å². The van der Waals surface area contributed by atoms with Crippen LogP contribution >= 0.6 is 11.8 Å². The number of carbonyl (C=O) groups excluding carboxylic acids is 1. The van der Waals surface area contributed by atoms with Crippen LogP contribution in [0.4, 0.5) is 0 Å². The van der Waals surface area contributed by atoms with E-state index < -0.39 is 15.4 Å². The van der Waals surface area contributed by atoms with E-state index in [1.54, 1.807) is 11.8 Å². The Kier molecular flexibility index (Phi) is 7.50. The normalized spacial score (nSPS) is 18.2. The van der Waals surface area contributed by atoms with Crippen molar-refractivity contribution in [2.75, 3.05) is 30.1 Å². The molecule has 0 aliphatic heterocycles. The summed E-state index contributed by atoms with van der Waals surface area (Å²) in [6.45, 7) is 4.12. The van der Waals surface area contributed by atoms with Crippen LogP contribution in [0.1, 0.15) is 39.5 Å². The van der Waals surface area contributed by atoms with Crippen LogP contribution in [0, 0.1) is 0 Å². The van der Waals surface area contributed by atoms with Gasteiger partial charge < -0.3 is 4.74 Å². The fourth-order valence-electron chi connectivity index (χ4n) is 2.04. The number of thioether (sulfide) groups is 1. The number of esters is 1. The maximum absolute atomic E-state index is 12.1. The Bertz CT molecular complexity index is 434. The van der Waals surface area contributed by atoms with Gasteiger partial charge in [0.15, 0.2) is 0 Å². The summed E-state index contributed by atoms with van der Waals surface area (Å²) in [5.41, 5.74) is -0.616. The number of ether oxygens (including phenoxy) is 1. The van der Waals surface area contributed by atoms with Crippen molar-refractivity contribution in [1.29, 1.82) is 0 Å². The van der Waals surface area contributed by atoms with Gasteiger partial charge in [0.1, 0.15) is 15.4 Å². The van der Waals surface area contributed by atoms with E-state index in [-0.39, 0.29) is 11.7 Å². The minimum absolute atomic E-state index is 0.182. The molecule has 21 heavy (non-hydrogen) atoms. The van der Waals surface area contributed by atoms with Crippen LogP contribution in [-0.4, -0.2) is 56.1 Å². The highest BCUT2D eigenvalue weighted by Gasteiger charge is 2.39. The highest BCUT2D eigenvalue weighted by atomic mass is 32.2. The summed E-state index contributed by atoms with van der Waals surface area (Å²) in [4.78, 5) is 12.1. The molecule has 1 N–H and O–H groups in total. The van der Waals surface area contributed by atoms with Gasteiger partial charge in [-0.1, -0.05) is 0 Å². The summed E-state index contributed by atoms with van der Waals surface area (Å²) in [6.07, 6.45) is 5.08. The van der Waals surface area contributed by atoms with Gasteiger partial charge in [-0.25, -0.2) is 8.42 Å². The molecule has 0 aromatic heterocycles. The summed E-state index contributed by atoms with van der Waals surface area (Å²) >= 11 is 1.62. The molecular formula is C14H27NO4S2. The zero-order chi connectivity index (χ0) is 15.9. The van der Waals surface area contributed by atoms with E-state index in [2.05, 4.69) is 5.32 Å². The van der Waals surface area contributed by atoms with Crippen molar-refractivity contribution < 1.29 is 17.9 Å². The molecule has 1 saturated carbocycles. The third-order valence-electron chi connectivity index (χ3n) is 3.39. The van der Waals surface area contributed by atoms with Crippen LogP contribution in [0.3, 0.4) is 0 Å². The first kappa shape index (κ1) is 18.8. The van der Waals surface area contributed by atoms with E-state index in [1.807, 2.05) is 13.8 Å². The first-order valence-corrected chi connectivity index (χ1v) is 10.7. The van der Waals surface area contributed by atoms with Crippen molar-refractivity contribution >= 4 is 27.6 Å². The molecule has 0 bridgehead atoms. The van der Waals surface area contributed by atoms with Gasteiger partial charge in [-0.2, -0.15) is 11.8 Å². The molecule has 1 aliphatic carbocycles. The summed E-state index contributed by atoms with van der Waals surface area (Å²) in [5.74, 6) is 1.51. The maximum Gasteiger partial charge on any atom is 0.326 e. The van der Waals surface area contributed by atoms with Crippen LogP contribution in [0.5, 0.6) is 0 Å². The van der Waals surface area contributed by atoms with Crippen molar-refractivity contribution in [3.05, 3.63) is 0 Å². The smallest absolute Gasteiger partial charge is 0.326 e. The fraction of sp³-hybridized carbons (Fsp3) is 0.929. The van der Waals surface area contributed by atoms with E-state index in [4.69, 9.17) is 4.74 Å². The number of sulfone groups is 1. The number of rotatable bonds is 11. The summed E-state index contributed by atoms with van der Waals surface area (Å²) in [5, 5.41) is 3.39. The van der Waals surface area contributed by atoms with Gasteiger partial charge in [-0.3, -0.25) is 10.1 Å². The van der Waals surface area contributed by atoms with Gasteiger partial charge in [0.25, 0.3) is 0 Å². The second kappa shape index (κ2) is 8.39. The summed E-state index contributed by atoms with van der Waals surface area (Å²) in [6, 6.07) is 0.442. The minimum atomic E-state index is -2.88. The molecule has 0 aromatic rings. The van der Waals surface area contributed by atoms with Gasteiger partial charge in [0.2, 0.25) is 0 Å². The van der Waals surface area contributed by atoms with Gasteiger partial charge in [0, 0.05) is 18.1 Å². The van der Waals surface area contributed by atoms with Gasteiger partial charge in [-0.15, -0.1) is 0 Å². The topological polar surface area (TPSA) is 72.5 Å². The van der Waals surface area contributed by atoms with Crippen molar-refractivity contribution in [2.24, 2.45) is 0 Å². The number of hydrogen-bond acceptors (Lipinski definition) is 6. The maximum atomic E-state index is 12.1. The molecule has 7 heteroatoms. The van der Waals surface area contributed by atoms with E-state index in [9.17, 15) is 13.2 Å². The van der Waals surface area contributed by atoms with Gasteiger partial charge >= 0.3 is 5.97 Å². The molecular weight excluding hydrogens is 310 g/mol. The molecule has 1 aliphatic rings. The lowest BCUT2D eigenvalue weighted by atomic mass is 9.96.